The van der Waals surface area contributed by atoms with Gasteiger partial charge in [-0.25, -0.2) is 0 Å². The number of amides is 1. The molecule has 1 heterocycles. The number of benzene rings is 1. The smallest absolute Gasteiger partial charge is 0.228 e. The lowest BCUT2D eigenvalue weighted by molar-refractivity contribution is -0.117. The summed E-state index contributed by atoms with van der Waals surface area (Å²) in [5.41, 5.74) is 8.64. The van der Waals surface area contributed by atoms with E-state index in [-0.39, 0.29) is 12.0 Å². The van der Waals surface area contributed by atoms with Crippen LogP contribution in [0.2, 0.25) is 5.02 Å². The first-order valence-electron chi connectivity index (χ1n) is 5.46. The number of carbonyl (C=O) groups is 1. The third kappa shape index (κ3) is 1.93. The minimum absolute atomic E-state index is 0.0846. The van der Waals surface area contributed by atoms with E-state index in [0.29, 0.717) is 28.6 Å². The summed E-state index contributed by atoms with van der Waals surface area (Å²) in [5, 5.41) is 3.37. The molecule has 0 saturated heterocycles. The van der Waals surface area contributed by atoms with Gasteiger partial charge in [-0.1, -0.05) is 11.6 Å². The van der Waals surface area contributed by atoms with Crippen molar-refractivity contribution in [3.63, 3.8) is 0 Å². The first-order valence-corrected chi connectivity index (χ1v) is 5.84. The van der Waals surface area contributed by atoms with E-state index in [2.05, 4.69) is 5.32 Å². The molecule has 0 aromatic heterocycles. The second-order valence-electron chi connectivity index (χ2n) is 4.36. The number of fused-ring (bicyclic) bond motifs is 1. The highest BCUT2D eigenvalue weighted by atomic mass is 35.5. The van der Waals surface area contributed by atoms with Gasteiger partial charge in [0.05, 0.1) is 22.8 Å². The lowest BCUT2D eigenvalue weighted by atomic mass is 10.1. The summed E-state index contributed by atoms with van der Waals surface area (Å²) in [4.78, 5) is 11.6. The minimum Gasteiger partial charge on any atom is -0.486 e. The topological polar surface area (TPSA) is 64.3 Å². The zero-order chi connectivity index (χ0) is 12.7. The molecule has 4 nitrogen and oxygen atoms in total. The van der Waals surface area contributed by atoms with Crippen molar-refractivity contribution in [1.29, 1.82) is 0 Å². The number of rotatable bonds is 0. The second kappa shape index (κ2) is 4.11. The Morgan fingerprint density at radius 1 is 1.41 bits per heavy atom. The molecule has 5 heteroatoms. The van der Waals surface area contributed by atoms with Crippen molar-refractivity contribution in [3.8, 4) is 5.75 Å². The number of hydrogen-bond donors (Lipinski definition) is 2. The van der Waals surface area contributed by atoms with Crippen LogP contribution in [0.3, 0.4) is 0 Å². The van der Waals surface area contributed by atoms with E-state index in [1.165, 1.54) is 0 Å². The van der Waals surface area contributed by atoms with Crippen molar-refractivity contribution >= 4 is 28.9 Å². The molecule has 0 aliphatic carbocycles. The van der Waals surface area contributed by atoms with Gasteiger partial charge in [0.25, 0.3) is 0 Å². The predicted molar refractivity (Wildman–Crippen MR) is 68.7 cm³/mol. The quantitative estimate of drug-likeness (QED) is 0.700. The van der Waals surface area contributed by atoms with Crippen molar-refractivity contribution in [3.05, 3.63) is 16.1 Å². The van der Waals surface area contributed by atoms with Crippen molar-refractivity contribution in [2.75, 3.05) is 11.1 Å². The summed E-state index contributed by atoms with van der Waals surface area (Å²) in [5.74, 6) is 0.446. The molecule has 0 saturated carbocycles. The van der Waals surface area contributed by atoms with Crippen LogP contribution in [0.1, 0.15) is 24.5 Å². The Balaban J connectivity index is 2.68. The van der Waals surface area contributed by atoms with E-state index in [9.17, 15) is 4.79 Å². The van der Waals surface area contributed by atoms with Gasteiger partial charge < -0.3 is 15.8 Å². The highest BCUT2D eigenvalue weighted by Gasteiger charge is 2.25. The SMILES string of the molecule is Cc1c(N)c2c(c(C)c1Cl)NC(=O)CC(C)O2. The first kappa shape index (κ1) is 12.0. The number of nitrogens with two attached hydrogens (primary N) is 1. The number of ether oxygens (including phenoxy) is 1. The molecule has 0 bridgehead atoms. The Morgan fingerprint density at radius 3 is 2.71 bits per heavy atom. The molecule has 1 amide bonds. The molecule has 1 aliphatic heterocycles. The summed E-state index contributed by atoms with van der Waals surface area (Å²) in [6, 6.07) is 0. The van der Waals surface area contributed by atoms with Gasteiger partial charge in [0.2, 0.25) is 5.91 Å². The van der Waals surface area contributed by atoms with E-state index in [1.807, 2.05) is 20.8 Å². The van der Waals surface area contributed by atoms with Crippen LogP contribution in [0.15, 0.2) is 0 Å². The molecule has 92 valence electrons. The highest BCUT2D eigenvalue weighted by Crippen LogP contribution is 2.43. The van der Waals surface area contributed by atoms with Gasteiger partial charge in [0, 0.05) is 0 Å². The summed E-state index contributed by atoms with van der Waals surface area (Å²) in [6.45, 7) is 5.52. The molecule has 3 N–H and O–H groups in total. The lowest BCUT2D eigenvalue weighted by Crippen LogP contribution is -2.17. The highest BCUT2D eigenvalue weighted by molar-refractivity contribution is 6.33. The number of nitrogens with one attached hydrogen (secondary N) is 1. The third-order valence-corrected chi connectivity index (χ3v) is 3.53. The van der Waals surface area contributed by atoms with Crippen LogP contribution in [0, 0.1) is 13.8 Å². The standard InChI is InChI=1S/C12H15ClN2O2/c1-5-4-8(16)15-11-7(3)9(13)6(2)10(14)12(11)17-5/h5H,4,14H2,1-3H3,(H,15,16). The molecule has 1 aromatic rings. The summed E-state index contributed by atoms with van der Waals surface area (Å²) in [6.07, 6.45) is 0.114. The Morgan fingerprint density at radius 2 is 2.06 bits per heavy atom. The van der Waals surface area contributed by atoms with Gasteiger partial charge in [0.1, 0.15) is 6.10 Å². The largest absolute Gasteiger partial charge is 0.486 e. The normalized spacial score (nSPS) is 19.1. The van der Waals surface area contributed by atoms with Crippen LogP contribution in [0.25, 0.3) is 0 Å². The predicted octanol–water partition coefficient (Wildman–Crippen LogP) is 2.65. The molecular formula is C12H15ClN2O2. The van der Waals surface area contributed by atoms with E-state index in [0.717, 1.165) is 11.1 Å². The first-order chi connectivity index (χ1) is 7.91. The minimum atomic E-state index is -0.196. The van der Waals surface area contributed by atoms with Crippen LogP contribution >= 0.6 is 11.6 Å². The van der Waals surface area contributed by atoms with E-state index in [1.54, 1.807) is 0 Å². The fraction of sp³-hybridized carbons (Fsp3) is 0.417. The van der Waals surface area contributed by atoms with Gasteiger partial charge in [-0.05, 0) is 31.9 Å². The third-order valence-electron chi connectivity index (χ3n) is 2.97. The van der Waals surface area contributed by atoms with Crippen molar-refractivity contribution < 1.29 is 9.53 Å². The van der Waals surface area contributed by atoms with E-state index < -0.39 is 0 Å². The number of hydrogen-bond acceptors (Lipinski definition) is 3. The zero-order valence-corrected chi connectivity index (χ0v) is 10.8. The molecule has 1 atom stereocenters. The second-order valence-corrected chi connectivity index (χ2v) is 4.74. The van der Waals surface area contributed by atoms with Crippen molar-refractivity contribution in [1.82, 2.24) is 0 Å². The van der Waals surface area contributed by atoms with Crippen LogP contribution in [0.5, 0.6) is 5.75 Å². The number of halogens is 1. The van der Waals surface area contributed by atoms with E-state index >= 15 is 0 Å². The molecule has 1 unspecified atom stereocenters. The monoisotopic (exact) mass is 254 g/mol. The molecule has 0 spiro atoms. The fourth-order valence-electron chi connectivity index (χ4n) is 1.95. The average molecular weight is 255 g/mol. The Bertz CT molecular complexity index is 500. The summed E-state index contributed by atoms with van der Waals surface area (Å²) < 4.78 is 5.71. The van der Waals surface area contributed by atoms with Gasteiger partial charge in [0.15, 0.2) is 5.75 Å². The van der Waals surface area contributed by atoms with Crippen molar-refractivity contribution in [2.24, 2.45) is 0 Å². The molecule has 0 fully saturated rings. The zero-order valence-electron chi connectivity index (χ0n) is 10.1. The number of nitrogen functional groups attached to an aromatic ring is 1. The molecule has 17 heavy (non-hydrogen) atoms. The number of anilines is 2. The lowest BCUT2D eigenvalue weighted by Gasteiger charge is -2.18. The Hall–Kier alpha value is -1.42. The number of carbonyl (C=O) groups excluding carboxylic acids is 1. The van der Waals surface area contributed by atoms with Gasteiger partial charge >= 0.3 is 0 Å². The summed E-state index contributed by atoms with van der Waals surface area (Å²) >= 11 is 6.17. The molecular weight excluding hydrogens is 240 g/mol. The molecule has 2 rings (SSSR count). The van der Waals surface area contributed by atoms with E-state index in [4.69, 9.17) is 22.1 Å². The van der Waals surface area contributed by atoms with Crippen LogP contribution in [0.4, 0.5) is 11.4 Å². The van der Waals surface area contributed by atoms with Gasteiger partial charge in [-0.2, -0.15) is 0 Å². The average Bonchev–Trinajstić information content (AvgIpc) is 2.42. The Labute approximate surface area is 105 Å². The van der Waals surface area contributed by atoms with Crippen LogP contribution in [-0.2, 0) is 4.79 Å². The van der Waals surface area contributed by atoms with Crippen molar-refractivity contribution in [2.45, 2.75) is 33.3 Å². The maximum Gasteiger partial charge on any atom is 0.228 e. The molecule has 0 radical (unpaired) electrons. The van der Waals surface area contributed by atoms with Crippen LogP contribution in [-0.4, -0.2) is 12.0 Å². The maximum absolute atomic E-state index is 11.6. The van der Waals surface area contributed by atoms with Gasteiger partial charge in [-0.3, -0.25) is 4.79 Å². The molecule has 1 aliphatic rings. The Kier molecular flexibility index (Phi) is 2.91. The summed E-state index contributed by atoms with van der Waals surface area (Å²) in [7, 11) is 0. The molecule has 1 aromatic carbocycles. The maximum atomic E-state index is 11.6. The van der Waals surface area contributed by atoms with Crippen LogP contribution < -0.4 is 15.8 Å². The fourth-order valence-corrected chi connectivity index (χ4v) is 2.15. The van der Waals surface area contributed by atoms with Gasteiger partial charge in [-0.15, -0.1) is 0 Å².